The quantitative estimate of drug-likeness (QED) is 0.818. The first-order valence-corrected chi connectivity index (χ1v) is 6.23. The summed E-state index contributed by atoms with van der Waals surface area (Å²) in [5.41, 5.74) is 2.48. The van der Waals surface area contributed by atoms with Gasteiger partial charge in [-0.3, -0.25) is 0 Å². The minimum Gasteiger partial charge on any atom is -0.496 e. The monoisotopic (exact) mass is 292 g/mol. The zero-order valence-electron chi connectivity index (χ0n) is 11.8. The Morgan fingerprint density at radius 3 is 2.45 bits per heavy atom. The number of benzene rings is 1. The van der Waals surface area contributed by atoms with Crippen LogP contribution < -0.4 is 4.74 Å². The average molecular weight is 292 g/mol. The fourth-order valence-corrected chi connectivity index (χ4v) is 1.88. The predicted molar refractivity (Wildman–Crippen MR) is 68.9 cm³/mol. The highest BCUT2D eigenvalue weighted by Crippen LogP contribution is 2.32. The second-order valence-corrected chi connectivity index (χ2v) is 4.60. The molecular weight excluding hydrogens is 273 g/mol. The van der Waals surface area contributed by atoms with Crippen molar-refractivity contribution < 1.29 is 27.8 Å². The van der Waals surface area contributed by atoms with Crippen LogP contribution in [0.2, 0.25) is 0 Å². The van der Waals surface area contributed by atoms with Gasteiger partial charge in [-0.2, -0.15) is 13.2 Å². The standard InChI is InChI=1S/C14H19F3O3/c1-9-4-5-11(13(19-3)10(9)2)12(18)6-7-20-8-14(15,16)17/h4-5,12,18H,6-8H2,1-3H3. The third kappa shape index (κ3) is 4.68. The van der Waals surface area contributed by atoms with E-state index < -0.39 is 18.9 Å². The van der Waals surface area contributed by atoms with Crippen LogP contribution in [0.15, 0.2) is 12.1 Å². The molecule has 3 nitrogen and oxygen atoms in total. The molecule has 1 unspecified atom stereocenters. The molecule has 1 rings (SSSR count). The Balaban J connectivity index is 2.64. The van der Waals surface area contributed by atoms with Crippen molar-refractivity contribution in [3.63, 3.8) is 0 Å². The second kappa shape index (κ2) is 6.95. The molecule has 0 bridgehead atoms. The molecule has 0 heterocycles. The first-order valence-electron chi connectivity index (χ1n) is 6.23. The van der Waals surface area contributed by atoms with Crippen LogP contribution in [0.1, 0.15) is 29.2 Å². The molecule has 1 N–H and O–H groups in total. The molecule has 1 atom stereocenters. The lowest BCUT2D eigenvalue weighted by Crippen LogP contribution is -2.18. The van der Waals surface area contributed by atoms with Gasteiger partial charge in [-0.25, -0.2) is 0 Å². The largest absolute Gasteiger partial charge is 0.496 e. The molecule has 20 heavy (non-hydrogen) atoms. The molecule has 0 amide bonds. The number of halogens is 3. The van der Waals surface area contributed by atoms with Gasteiger partial charge in [-0.05, 0) is 25.0 Å². The molecule has 0 aromatic heterocycles. The summed E-state index contributed by atoms with van der Waals surface area (Å²) in [6, 6.07) is 3.56. The van der Waals surface area contributed by atoms with Gasteiger partial charge in [0.2, 0.25) is 0 Å². The first-order chi connectivity index (χ1) is 9.26. The van der Waals surface area contributed by atoms with E-state index in [1.807, 2.05) is 19.9 Å². The van der Waals surface area contributed by atoms with Crippen molar-refractivity contribution in [2.24, 2.45) is 0 Å². The van der Waals surface area contributed by atoms with Crippen LogP contribution in [-0.4, -0.2) is 31.6 Å². The van der Waals surface area contributed by atoms with E-state index in [0.29, 0.717) is 11.3 Å². The van der Waals surface area contributed by atoms with Crippen LogP contribution in [0.3, 0.4) is 0 Å². The Kier molecular flexibility index (Phi) is 5.83. The van der Waals surface area contributed by atoms with Crippen molar-refractivity contribution in [1.82, 2.24) is 0 Å². The summed E-state index contributed by atoms with van der Waals surface area (Å²) in [5.74, 6) is 0.563. The van der Waals surface area contributed by atoms with Gasteiger partial charge < -0.3 is 14.6 Å². The number of alkyl halides is 3. The highest BCUT2D eigenvalue weighted by molar-refractivity contribution is 5.46. The van der Waals surface area contributed by atoms with Crippen molar-refractivity contribution >= 4 is 0 Å². The van der Waals surface area contributed by atoms with Crippen LogP contribution in [-0.2, 0) is 4.74 Å². The Labute approximate surface area is 116 Å². The minimum atomic E-state index is -4.34. The molecule has 0 saturated heterocycles. The summed E-state index contributed by atoms with van der Waals surface area (Å²) in [7, 11) is 1.50. The fourth-order valence-electron chi connectivity index (χ4n) is 1.88. The van der Waals surface area contributed by atoms with Gasteiger partial charge in [0.15, 0.2) is 0 Å². The fraction of sp³-hybridized carbons (Fsp3) is 0.571. The van der Waals surface area contributed by atoms with Gasteiger partial charge in [-0.15, -0.1) is 0 Å². The van der Waals surface area contributed by atoms with Crippen LogP contribution in [0, 0.1) is 13.8 Å². The van der Waals surface area contributed by atoms with Gasteiger partial charge in [0.1, 0.15) is 12.4 Å². The van der Waals surface area contributed by atoms with E-state index in [9.17, 15) is 18.3 Å². The molecule has 114 valence electrons. The van der Waals surface area contributed by atoms with Crippen LogP contribution >= 0.6 is 0 Å². The Morgan fingerprint density at radius 2 is 1.90 bits per heavy atom. The number of aliphatic hydroxyl groups is 1. The Bertz CT molecular complexity index is 444. The zero-order chi connectivity index (χ0) is 15.3. The third-order valence-corrected chi connectivity index (χ3v) is 3.07. The third-order valence-electron chi connectivity index (χ3n) is 3.07. The number of rotatable bonds is 6. The number of methoxy groups -OCH3 is 1. The van der Waals surface area contributed by atoms with Crippen LogP contribution in [0.25, 0.3) is 0 Å². The zero-order valence-corrected chi connectivity index (χ0v) is 11.8. The first kappa shape index (κ1) is 16.8. The summed E-state index contributed by atoms with van der Waals surface area (Å²) in [6.45, 7) is 2.31. The number of hydrogen-bond acceptors (Lipinski definition) is 3. The molecule has 0 aliphatic rings. The summed E-state index contributed by atoms with van der Waals surface area (Å²) in [6.07, 6.45) is -5.18. The lowest BCUT2D eigenvalue weighted by Gasteiger charge is -2.18. The van der Waals surface area contributed by atoms with Crippen molar-refractivity contribution in [2.75, 3.05) is 20.3 Å². The number of hydrogen-bond donors (Lipinski definition) is 1. The maximum absolute atomic E-state index is 11.9. The van der Waals surface area contributed by atoms with Crippen molar-refractivity contribution in [3.05, 3.63) is 28.8 Å². The molecule has 0 radical (unpaired) electrons. The van der Waals surface area contributed by atoms with Gasteiger partial charge in [0.25, 0.3) is 0 Å². The Hall–Kier alpha value is -1.27. The van der Waals surface area contributed by atoms with Gasteiger partial charge >= 0.3 is 6.18 Å². The average Bonchev–Trinajstić information content (AvgIpc) is 2.36. The molecule has 0 aliphatic heterocycles. The topological polar surface area (TPSA) is 38.7 Å². The van der Waals surface area contributed by atoms with E-state index in [2.05, 4.69) is 4.74 Å². The maximum atomic E-state index is 11.9. The highest BCUT2D eigenvalue weighted by Gasteiger charge is 2.27. The van der Waals surface area contributed by atoms with E-state index in [0.717, 1.165) is 11.1 Å². The number of aliphatic hydroxyl groups excluding tert-OH is 1. The van der Waals surface area contributed by atoms with Crippen LogP contribution in [0.5, 0.6) is 5.75 Å². The summed E-state index contributed by atoms with van der Waals surface area (Å²) >= 11 is 0. The van der Waals surface area contributed by atoms with E-state index in [-0.39, 0.29) is 13.0 Å². The maximum Gasteiger partial charge on any atom is 0.411 e. The van der Waals surface area contributed by atoms with Gasteiger partial charge in [-0.1, -0.05) is 12.1 Å². The van der Waals surface area contributed by atoms with Gasteiger partial charge in [0.05, 0.1) is 13.2 Å². The van der Waals surface area contributed by atoms with Crippen LogP contribution in [0.4, 0.5) is 13.2 Å². The molecule has 0 fully saturated rings. The van der Waals surface area contributed by atoms with Crippen molar-refractivity contribution in [1.29, 1.82) is 0 Å². The molecule has 1 aromatic carbocycles. The second-order valence-electron chi connectivity index (χ2n) is 4.60. The minimum absolute atomic E-state index is 0.0783. The molecule has 6 heteroatoms. The lowest BCUT2D eigenvalue weighted by molar-refractivity contribution is -0.175. The molecular formula is C14H19F3O3. The van der Waals surface area contributed by atoms with E-state index in [1.54, 1.807) is 6.07 Å². The molecule has 0 saturated carbocycles. The van der Waals surface area contributed by atoms with E-state index in [1.165, 1.54) is 7.11 Å². The number of aryl methyl sites for hydroxylation is 1. The van der Waals surface area contributed by atoms with Crippen molar-refractivity contribution in [3.8, 4) is 5.75 Å². The van der Waals surface area contributed by atoms with Gasteiger partial charge in [0, 0.05) is 18.6 Å². The SMILES string of the molecule is COc1c(C(O)CCOCC(F)(F)F)ccc(C)c1C. The molecule has 0 aliphatic carbocycles. The molecule has 0 spiro atoms. The lowest BCUT2D eigenvalue weighted by atomic mass is 9.99. The summed E-state index contributed by atoms with van der Waals surface area (Å²) < 4.78 is 45.5. The van der Waals surface area contributed by atoms with E-state index >= 15 is 0 Å². The van der Waals surface area contributed by atoms with Crippen molar-refractivity contribution in [2.45, 2.75) is 32.5 Å². The highest BCUT2D eigenvalue weighted by atomic mass is 19.4. The Morgan fingerprint density at radius 1 is 1.25 bits per heavy atom. The predicted octanol–water partition coefficient (Wildman–Crippen LogP) is 3.31. The summed E-state index contributed by atoms with van der Waals surface area (Å²) in [4.78, 5) is 0. The number of ether oxygens (including phenoxy) is 2. The summed E-state index contributed by atoms with van der Waals surface area (Å²) in [5, 5.41) is 10.0. The molecule has 1 aromatic rings. The smallest absolute Gasteiger partial charge is 0.411 e. The van der Waals surface area contributed by atoms with E-state index in [4.69, 9.17) is 4.74 Å². The normalized spacial score (nSPS) is 13.3.